The highest BCUT2D eigenvalue weighted by molar-refractivity contribution is 6.05. The molecule has 196 valence electrons. The van der Waals surface area contributed by atoms with E-state index < -0.39 is 6.67 Å². The van der Waals surface area contributed by atoms with E-state index in [4.69, 9.17) is 13.8 Å². The number of amides is 1. The lowest BCUT2D eigenvalue weighted by Crippen LogP contribution is -2.44. The number of unbranched alkanes of at least 4 members (excludes halogenated alkanes) is 2. The Morgan fingerprint density at radius 3 is 2.73 bits per heavy atom. The van der Waals surface area contributed by atoms with Gasteiger partial charge in [-0.2, -0.15) is 9.97 Å². The van der Waals surface area contributed by atoms with Crippen LogP contribution in [0.25, 0.3) is 11.5 Å². The van der Waals surface area contributed by atoms with Crippen molar-refractivity contribution in [1.29, 1.82) is 0 Å². The minimum absolute atomic E-state index is 0.00749. The van der Waals surface area contributed by atoms with Crippen LogP contribution in [-0.4, -0.2) is 52.6 Å². The molecule has 37 heavy (non-hydrogen) atoms. The summed E-state index contributed by atoms with van der Waals surface area (Å²) in [5, 5.41) is 8.19. The van der Waals surface area contributed by atoms with Crippen LogP contribution in [0.4, 0.5) is 10.1 Å². The SMILES string of the molecule is C=C(CCF)C(=O)N(CCCCCc1noc(C2(C)COC2)n1)c1cccc(-c2nc(C3CC3)no2)c1. The molecule has 2 fully saturated rings. The zero-order valence-corrected chi connectivity index (χ0v) is 21.1. The average molecular weight is 510 g/mol. The van der Waals surface area contributed by atoms with E-state index in [0.29, 0.717) is 55.4 Å². The van der Waals surface area contributed by atoms with Crippen molar-refractivity contribution in [3.8, 4) is 11.5 Å². The molecule has 0 spiro atoms. The first-order valence-electron chi connectivity index (χ1n) is 12.9. The van der Waals surface area contributed by atoms with Crippen LogP contribution in [0, 0.1) is 0 Å². The molecule has 2 aliphatic rings. The number of benzene rings is 1. The minimum atomic E-state index is -0.623. The second-order valence-corrected chi connectivity index (χ2v) is 10.2. The van der Waals surface area contributed by atoms with Gasteiger partial charge in [-0.15, -0.1) is 0 Å². The Morgan fingerprint density at radius 2 is 2.00 bits per heavy atom. The first-order valence-corrected chi connectivity index (χ1v) is 12.9. The van der Waals surface area contributed by atoms with Crippen molar-refractivity contribution in [2.24, 2.45) is 0 Å². The van der Waals surface area contributed by atoms with Gasteiger partial charge in [-0.1, -0.05) is 29.4 Å². The summed E-state index contributed by atoms with van der Waals surface area (Å²) in [6.45, 7) is 6.91. The molecule has 0 unspecified atom stereocenters. The summed E-state index contributed by atoms with van der Waals surface area (Å²) in [4.78, 5) is 23.9. The van der Waals surface area contributed by atoms with E-state index in [1.165, 1.54) is 0 Å². The molecule has 1 aliphatic carbocycles. The smallest absolute Gasteiger partial charge is 0.258 e. The standard InChI is InChI=1S/C27H32FN5O4/c1-18(12-13-28)25(34)33(14-5-3-4-9-22-29-26(37-31-22)27(2)16-35-17-27)21-8-6-7-20(15-21)24-30-23(32-36-24)19-10-11-19/h6-8,15,19H,1,3-5,9-14,16-17H2,2H3. The number of aryl methyl sites for hydroxylation is 1. The number of nitrogens with zero attached hydrogens (tertiary/aromatic N) is 5. The van der Waals surface area contributed by atoms with Crippen LogP contribution in [-0.2, 0) is 21.4 Å². The van der Waals surface area contributed by atoms with E-state index in [9.17, 15) is 9.18 Å². The molecule has 1 saturated carbocycles. The third kappa shape index (κ3) is 5.79. The fourth-order valence-corrected chi connectivity index (χ4v) is 4.29. The Kier molecular flexibility index (Phi) is 7.45. The van der Waals surface area contributed by atoms with Gasteiger partial charge < -0.3 is 18.7 Å². The van der Waals surface area contributed by atoms with Gasteiger partial charge in [-0.3, -0.25) is 9.18 Å². The number of ether oxygens (including phenoxy) is 1. The van der Waals surface area contributed by atoms with Crippen molar-refractivity contribution in [3.63, 3.8) is 0 Å². The number of rotatable bonds is 13. The van der Waals surface area contributed by atoms with E-state index in [2.05, 4.69) is 33.8 Å². The molecule has 5 rings (SSSR count). The lowest BCUT2D eigenvalue weighted by molar-refractivity contribution is -0.115. The summed E-state index contributed by atoms with van der Waals surface area (Å²) in [7, 11) is 0. The van der Waals surface area contributed by atoms with E-state index in [1.807, 2.05) is 24.3 Å². The van der Waals surface area contributed by atoms with Crippen molar-refractivity contribution in [1.82, 2.24) is 20.3 Å². The van der Waals surface area contributed by atoms with Crippen molar-refractivity contribution in [2.45, 2.75) is 63.2 Å². The topological polar surface area (TPSA) is 107 Å². The molecule has 0 radical (unpaired) electrons. The quantitative estimate of drug-likeness (QED) is 0.235. The Bertz CT molecular complexity index is 1250. The Labute approximate surface area is 215 Å². The third-order valence-corrected chi connectivity index (χ3v) is 6.84. The summed E-state index contributed by atoms with van der Waals surface area (Å²) in [6.07, 6.45) is 5.33. The van der Waals surface area contributed by atoms with Gasteiger partial charge in [0.2, 0.25) is 5.89 Å². The molecule has 1 saturated heterocycles. The van der Waals surface area contributed by atoms with Gasteiger partial charge in [0.05, 0.1) is 25.3 Å². The fraction of sp³-hybridized carbons (Fsp3) is 0.519. The molecule has 0 bridgehead atoms. The largest absolute Gasteiger partial charge is 0.379 e. The lowest BCUT2D eigenvalue weighted by atomic mass is 9.89. The normalized spacial score (nSPS) is 16.4. The van der Waals surface area contributed by atoms with E-state index in [0.717, 1.165) is 43.5 Å². The van der Waals surface area contributed by atoms with Gasteiger partial charge in [0.15, 0.2) is 11.6 Å². The first kappa shape index (κ1) is 25.3. The molecule has 0 N–H and O–H groups in total. The van der Waals surface area contributed by atoms with Crippen LogP contribution in [0.3, 0.4) is 0 Å². The van der Waals surface area contributed by atoms with Crippen molar-refractivity contribution >= 4 is 11.6 Å². The predicted molar refractivity (Wildman–Crippen MR) is 134 cm³/mol. The van der Waals surface area contributed by atoms with Crippen molar-refractivity contribution in [3.05, 3.63) is 54.0 Å². The lowest BCUT2D eigenvalue weighted by Gasteiger charge is -2.33. The monoisotopic (exact) mass is 509 g/mol. The van der Waals surface area contributed by atoms with Gasteiger partial charge in [0.1, 0.15) is 0 Å². The summed E-state index contributed by atoms with van der Waals surface area (Å²) in [5.41, 5.74) is 1.50. The second kappa shape index (κ2) is 10.9. The summed E-state index contributed by atoms with van der Waals surface area (Å²) < 4.78 is 29.1. The Balaban J connectivity index is 1.21. The Hall–Kier alpha value is -3.40. The first-order chi connectivity index (χ1) is 18.0. The highest BCUT2D eigenvalue weighted by Crippen LogP contribution is 2.39. The van der Waals surface area contributed by atoms with Gasteiger partial charge in [-0.25, -0.2) is 0 Å². The number of carbonyl (C=O) groups excluding carboxylic acids is 1. The number of anilines is 1. The molecule has 1 aliphatic heterocycles. The third-order valence-electron chi connectivity index (χ3n) is 6.84. The Morgan fingerprint density at radius 1 is 1.16 bits per heavy atom. The summed E-state index contributed by atoms with van der Waals surface area (Å²) >= 11 is 0. The van der Waals surface area contributed by atoms with Crippen molar-refractivity contribution < 1.29 is 23.0 Å². The number of carbonyl (C=O) groups is 1. The molecular formula is C27H32FN5O4. The maximum atomic E-state index is 13.2. The molecule has 1 aromatic carbocycles. The van der Waals surface area contributed by atoms with Crippen LogP contribution in [0.2, 0.25) is 0 Å². The zero-order chi connectivity index (χ0) is 25.8. The van der Waals surface area contributed by atoms with Crippen LogP contribution in [0.5, 0.6) is 0 Å². The van der Waals surface area contributed by atoms with Gasteiger partial charge >= 0.3 is 0 Å². The maximum absolute atomic E-state index is 13.2. The molecule has 3 heterocycles. The van der Waals surface area contributed by atoms with Crippen LogP contribution >= 0.6 is 0 Å². The summed E-state index contributed by atoms with van der Waals surface area (Å²) in [6, 6.07) is 7.44. The van der Waals surface area contributed by atoms with Crippen LogP contribution < -0.4 is 4.90 Å². The van der Waals surface area contributed by atoms with Crippen LogP contribution in [0.1, 0.15) is 68.9 Å². The predicted octanol–water partition coefficient (Wildman–Crippen LogP) is 4.95. The molecule has 10 heteroatoms. The summed E-state index contributed by atoms with van der Waals surface area (Å²) in [5.74, 6) is 2.58. The molecule has 1 amide bonds. The number of aromatic nitrogens is 4. The average Bonchev–Trinajstić information content (AvgIpc) is 3.42. The number of hydrogen-bond donors (Lipinski definition) is 0. The molecule has 0 atom stereocenters. The maximum Gasteiger partial charge on any atom is 0.258 e. The molecule has 9 nitrogen and oxygen atoms in total. The van der Waals surface area contributed by atoms with Crippen LogP contribution in [0.15, 0.2) is 45.5 Å². The number of hydrogen-bond acceptors (Lipinski definition) is 8. The fourth-order valence-electron chi connectivity index (χ4n) is 4.29. The highest BCUT2D eigenvalue weighted by Gasteiger charge is 2.40. The van der Waals surface area contributed by atoms with E-state index >= 15 is 0 Å². The molecular weight excluding hydrogens is 477 g/mol. The zero-order valence-electron chi connectivity index (χ0n) is 21.1. The van der Waals surface area contributed by atoms with E-state index in [-0.39, 0.29) is 23.3 Å². The number of halogens is 1. The molecule has 3 aromatic rings. The van der Waals surface area contributed by atoms with Gasteiger partial charge in [0.25, 0.3) is 11.8 Å². The van der Waals surface area contributed by atoms with E-state index in [1.54, 1.807) is 4.90 Å². The second-order valence-electron chi connectivity index (χ2n) is 10.2. The number of alkyl halides is 1. The molecule has 2 aromatic heterocycles. The van der Waals surface area contributed by atoms with Gasteiger partial charge in [-0.05, 0) is 50.8 Å². The van der Waals surface area contributed by atoms with Crippen molar-refractivity contribution in [2.75, 3.05) is 31.3 Å². The highest BCUT2D eigenvalue weighted by atomic mass is 19.1. The minimum Gasteiger partial charge on any atom is -0.379 e. The van der Waals surface area contributed by atoms with Gasteiger partial charge in [0, 0.05) is 42.1 Å².